The summed E-state index contributed by atoms with van der Waals surface area (Å²) in [4.78, 5) is 14.7. The van der Waals surface area contributed by atoms with E-state index in [1.807, 2.05) is 31.2 Å². The van der Waals surface area contributed by atoms with Gasteiger partial charge in [-0.3, -0.25) is 4.98 Å². The van der Waals surface area contributed by atoms with Crippen molar-refractivity contribution in [2.75, 3.05) is 11.1 Å². The second kappa shape index (κ2) is 7.54. The lowest BCUT2D eigenvalue weighted by atomic mass is 10.1. The van der Waals surface area contributed by atoms with Crippen LogP contribution in [0.5, 0.6) is 5.75 Å². The van der Waals surface area contributed by atoms with Gasteiger partial charge in [0.15, 0.2) is 5.82 Å². The number of aryl methyl sites for hydroxylation is 1. The molecule has 0 amide bonds. The third kappa shape index (κ3) is 3.61. The van der Waals surface area contributed by atoms with Crippen LogP contribution in [0.4, 0.5) is 5.82 Å². The Labute approximate surface area is 161 Å². The molecule has 3 aromatic rings. The first kappa shape index (κ1) is 17.8. The maximum Gasteiger partial charge on any atom is 0.163 e. The van der Waals surface area contributed by atoms with Gasteiger partial charge in [-0.2, -0.15) is 0 Å². The molecule has 0 unspecified atom stereocenters. The van der Waals surface area contributed by atoms with Gasteiger partial charge >= 0.3 is 0 Å². The predicted octanol–water partition coefficient (Wildman–Crippen LogP) is 3.56. The predicted molar refractivity (Wildman–Crippen MR) is 106 cm³/mol. The maximum atomic E-state index is 10.1. The molecular formula is C20H20N4O2S. The molecule has 1 aliphatic heterocycles. The van der Waals surface area contributed by atoms with E-state index in [0.717, 1.165) is 45.3 Å². The number of aromatic nitrogens is 3. The van der Waals surface area contributed by atoms with Crippen molar-refractivity contribution in [2.45, 2.75) is 30.9 Å². The maximum absolute atomic E-state index is 10.1. The van der Waals surface area contributed by atoms with E-state index in [4.69, 9.17) is 9.97 Å². The van der Waals surface area contributed by atoms with Crippen LogP contribution in [-0.4, -0.2) is 30.9 Å². The molecule has 0 fully saturated rings. The molecule has 0 radical (unpaired) electrons. The summed E-state index contributed by atoms with van der Waals surface area (Å²) in [5, 5.41) is 22.9. The van der Waals surface area contributed by atoms with E-state index >= 15 is 0 Å². The van der Waals surface area contributed by atoms with Gasteiger partial charge in [0.25, 0.3) is 0 Å². The number of benzene rings is 1. The Hall–Kier alpha value is -2.64. The van der Waals surface area contributed by atoms with Crippen molar-refractivity contribution in [2.24, 2.45) is 0 Å². The second-order valence-corrected chi connectivity index (χ2v) is 7.54. The lowest BCUT2D eigenvalue weighted by Crippen LogP contribution is -2.11. The Morgan fingerprint density at radius 3 is 2.89 bits per heavy atom. The highest BCUT2D eigenvalue weighted by atomic mass is 32.2. The largest absolute Gasteiger partial charge is 0.508 e. The number of nitrogens with one attached hydrogen (secondary N) is 1. The first-order valence-electron chi connectivity index (χ1n) is 8.79. The first-order valence-corrected chi connectivity index (χ1v) is 9.77. The number of aliphatic hydroxyl groups is 1. The van der Waals surface area contributed by atoms with Crippen molar-refractivity contribution >= 4 is 17.6 Å². The molecular weight excluding hydrogens is 360 g/mol. The zero-order chi connectivity index (χ0) is 18.8. The zero-order valence-corrected chi connectivity index (χ0v) is 15.7. The molecule has 138 valence electrons. The Balaban J connectivity index is 1.72. The van der Waals surface area contributed by atoms with Gasteiger partial charge in [0.2, 0.25) is 0 Å². The molecule has 0 aliphatic carbocycles. The molecule has 0 saturated heterocycles. The van der Waals surface area contributed by atoms with Crippen LogP contribution in [0.25, 0.3) is 11.4 Å². The molecule has 0 bridgehead atoms. The van der Waals surface area contributed by atoms with Crippen molar-refractivity contribution < 1.29 is 10.2 Å². The van der Waals surface area contributed by atoms with Crippen LogP contribution in [0.15, 0.2) is 47.6 Å². The fraction of sp³-hybridized carbons (Fsp3) is 0.250. The highest BCUT2D eigenvalue weighted by Gasteiger charge is 2.22. The summed E-state index contributed by atoms with van der Waals surface area (Å²) < 4.78 is 0. The zero-order valence-electron chi connectivity index (χ0n) is 14.9. The Bertz CT molecular complexity index is 980. The van der Waals surface area contributed by atoms with E-state index in [0.29, 0.717) is 5.82 Å². The van der Waals surface area contributed by atoms with E-state index in [2.05, 4.69) is 10.3 Å². The molecule has 1 atom stereocenters. The number of hydrogen-bond donors (Lipinski definition) is 3. The van der Waals surface area contributed by atoms with Crippen molar-refractivity contribution in [3.63, 3.8) is 0 Å². The monoisotopic (exact) mass is 380 g/mol. The number of phenolic OH excluding ortho intramolecular Hbond substituents is 1. The summed E-state index contributed by atoms with van der Waals surface area (Å²) in [6, 6.07) is 9.04. The lowest BCUT2D eigenvalue weighted by molar-refractivity contribution is 0.281. The smallest absolute Gasteiger partial charge is 0.163 e. The molecule has 1 aromatic carbocycles. The number of hydrogen-bond acceptors (Lipinski definition) is 7. The lowest BCUT2D eigenvalue weighted by Gasteiger charge is -2.18. The van der Waals surface area contributed by atoms with Crippen molar-refractivity contribution in [3.8, 4) is 17.1 Å². The fourth-order valence-electron chi connectivity index (χ4n) is 3.13. The standard InChI is InChI=1S/C20H20N4O2S/c1-12(15-4-2-3-5-17(15)26)22-20-18-16(6-7-27-18)23-19(24-20)14-8-13(11-25)9-21-10-14/h2-5,8-10,12,25-26H,6-7,11H2,1H3,(H,22,23,24)/t12-/m0/s1. The van der Waals surface area contributed by atoms with E-state index in [1.54, 1.807) is 30.2 Å². The van der Waals surface area contributed by atoms with Gasteiger partial charge in [-0.15, -0.1) is 11.8 Å². The molecule has 3 N–H and O–H groups in total. The SMILES string of the molecule is C[C@H](Nc1nc(-c2cncc(CO)c2)nc2c1SCC2)c1ccccc1O. The highest BCUT2D eigenvalue weighted by Crippen LogP contribution is 2.38. The van der Waals surface area contributed by atoms with E-state index in [1.165, 1.54) is 0 Å². The minimum atomic E-state index is -0.110. The highest BCUT2D eigenvalue weighted by molar-refractivity contribution is 7.99. The number of anilines is 1. The third-order valence-corrected chi connectivity index (χ3v) is 5.64. The summed E-state index contributed by atoms with van der Waals surface area (Å²) in [6.07, 6.45) is 4.23. The minimum Gasteiger partial charge on any atom is -0.508 e. The summed E-state index contributed by atoms with van der Waals surface area (Å²) >= 11 is 1.74. The number of fused-ring (bicyclic) bond motifs is 1. The summed E-state index contributed by atoms with van der Waals surface area (Å²) in [5.74, 6) is 2.59. The van der Waals surface area contributed by atoms with Gasteiger partial charge in [0, 0.05) is 35.7 Å². The van der Waals surface area contributed by atoms with Crippen molar-refractivity contribution in [3.05, 3.63) is 59.5 Å². The number of pyridine rings is 1. The van der Waals surface area contributed by atoms with Crippen LogP contribution in [0.2, 0.25) is 0 Å². The van der Waals surface area contributed by atoms with Gasteiger partial charge in [0.1, 0.15) is 11.6 Å². The van der Waals surface area contributed by atoms with Crippen molar-refractivity contribution in [1.82, 2.24) is 15.0 Å². The number of nitrogens with zero attached hydrogens (tertiary/aromatic N) is 3. The number of aliphatic hydroxyl groups excluding tert-OH is 1. The number of para-hydroxylation sites is 1. The average molecular weight is 380 g/mol. The van der Waals surface area contributed by atoms with E-state index in [9.17, 15) is 10.2 Å². The van der Waals surface area contributed by atoms with Gasteiger partial charge in [-0.25, -0.2) is 9.97 Å². The Morgan fingerprint density at radius 1 is 1.22 bits per heavy atom. The third-order valence-electron chi connectivity index (χ3n) is 4.51. The molecule has 3 heterocycles. The Morgan fingerprint density at radius 2 is 2.07 bits per heavy atom. The molecule has 4 rings (SSSR count). The second-order valence-electron chi connectivity index (χ2n) is 6.43. The fourth-order valence-corrected chi connectivity index (χ4v) is 4.18. The van der Waals surface area contributed by atoms with Crippen molar-refractivity contribution in [1.29, 1.82) is 0 Å². The van der Waals surface area contributed by atoms with Crippen LogP contribution in [0, 0.1) is 0 Å². The van der Waals surface area contributed by atoms with Crippen LogP contribution in [-0.2, 0) is 13.0 Å². The number of aromatic hydroxyl groups is 1. The van der Waals surface area contributed by atoms with Gasteiger partial charge in [0.05, 0.1) is 23.2 Å². The summed E-state index contributed by atoms with van der Waals surface area (Å²) in [7, 11) is 0. The number of thioether (sulfide) groups is 1. The molecule has 27 heavy (non-hydrogen) atoms. The normalized spacial score (nSPS) is 14.0. The average Bonchev–Trinajstić information content (AvgIpc) is 3.17. The quantitative estimate of drug-likeness (QED) is 0.623. The molecule has 7 heteroatoms. The van der Waals surface area contributed by atoms with Crippen LogP contribution in [0.3, 0.4) is 0 Å². The molecule has 2 aromatic heterocycles. The number of rotatable bonds is 5. The minimum absolute atomic E-state index is 0.0724. The van der Waals surface area contributed by atoms with Crippen LogP contribution < -0.4 is 5.32 Å². The first-order chi connectivity index (χ1) is 13.2. The molecule has 0 spiro atoms. The van der Waals surface area contributed by atoms with Gasteiger partial charge in [-0.05, 0) is 24.6 Å². The molecule has 1 aliphatic rings. The van der Waals surface area contributed by atoms with Gasteiger partial charge in [-0.1, -0.05) is 18.2 Å². The topological polar surface area (TPSA) is 91.2 Å². The summed E-state index contributed by atoms with van der Waals surface area (Å²) in [6.45, 7) is 1.92. The summed E-state index contributed by atoms with van der Waals surface area (Å²) in [5.41, 5.74) is 3.34. The molecule has 0 saturated carbocycles. The van der Waals surface area contributed by atoms with E-state index in [-0.39, 0.29) is 18.4 Å². The van der Waals surface area contributed by atoms with Gasteiger partial charge < -0.3 is 15.5 Å². The van der Waals surface area contributed by atoms with Crippen LogP contribution >= 0.6 is 11.8 Å². The Kier molecular flexibility index (Phi) is 4.96. The number of phenols is 1. The molecule has 6 nitrogen and oxygen atoms in total. The van der Waals surface area contributed by atoms with E-state index < -0.39 is 0 Å². The van der Waals surface area contributed by atoms with Crippen LogP contribution in [0.1, 0.15) is 29.8 Å².